The Balaban J connectivity index is 0.000000303. The Hall–Kier alpha value is -4.16. The Morgan fingerprint density at radius 2 is 1.74 bits per heavy atom. The van der Waals surface area contributed by atoms with Gasteiger partial charge in [0.25, 0.3) is 0 Å². The molecule has 0 aromatic heterocycles. The fourth-order valence-electron chi connectivity index (χ4n) is 2.89. The van der Waals surface area contributed by atoms with Crippen LogP contribution in [0.15, 0.2) is 78.9 Å². The third kappa shape index (κ3) is 10.1. The fraction of sp³-hybridized carbons (Fsp3) is 0.192. The molecule has 0 bridgehead atoms. The van der Waals surface area contributed by atoms with Crippen LogP contribution in [0.1, 0.15) is 18.1 Å². The van der Waals surface area contributed by atoms with Gasteiger partial charge in [-0.25, -0.2) is 4.79 Å². The number of rotatable bonds is 9. The first-order valence-electron chi connectivity index (χ1n) is 10.8. The lowest BCUT2D eigenvalue weighted by molar-refractivity contribution is -0.107. The highest BCUT2D eigenvalue weighted by Gasteiger charge is 2.07. The third-order valence-corrected chi connectivity index (χ3v) is 5.35. The first-order chi connectivity index (χ1) is 16.9. The molecule has 3 N–H and O–H groups in total. The van der Waals surface area contributed by atoms with E-state index in [-0.39, 0.29) is 12.1 Å². The molecule has 0 saturated carbocycles. The summed E-state index contributed by atoms with van der Waals surface area (Å²) < 4.78 is 10.6. The zero-order valence-electron chi connectivity index (χ0n) is 19.9. The molecule has 0 spiro atoms. The third-order valence-electron chi connectivity index (χ3n) is 4.73. The van der Waals surface area contributed by atoms with Crippen molar-refractivity contribution in [3.63, 3.8) is 0 Å². The van der Waals surface area contributed by atoms with E-state index in [1.54, 1.807) is 38.4 Å². The van der Waals surface area contributed by atoms with E-state index in [1.165, 1.54) is 10.5 Å². The maximum atomic E-state index is 11.8. The summed E-state index contributed by atoms with van der Waals surface area (Å²) in [5.41, 5.74) is 3.45. The molecule has 0 heterocycles. The van der Waals surface area contributed by atoms with E-state index in [4.69, 9.17) is 10.00 Å². The molecule has 3 rings (SSSR count). The molecule has 0 aliphatic heterocycles. The van der Waals surface area contributed by atoms with Crippen molar-refractivity contribution < 1.29 is 14.3 Å². The second-order valence-corrected chi connectivity index (χ2v) is 8.09. The predicted molar refractivity (Wildman–Crippen MR) is 141 cm³/mol. The van der Waals surface area contributed by atoms with Crippen molar-refractivity contribution in [2.75, 3.05) is 23.8 Å². The minimum atomic E-state index is -0.250. The molecule has 0 aliphatic carbocycles. The number of nitriles is 1. The van der Waals surface area contributed by atoms with Gasteiger partial charge in [0, 0.05) is 24.5 Å². The molecule has 8 nitrogen and oxygen atoms in total. The summed E-state index contributed by atoms with van der Waals surface area (Å²) in [6.45, 7) is 1.96. The van der Waals surface area contributed by atoms with Crippen molar-refractivity contribution in [3.05, 3.63) is 90.0 Å². The van der Waals surface area contributed by atoms with Gasteiger partial charge >= 0.3 is 6.03 Å². The first-order valence-corrected chi connectivity index (χ1v) is 11.6. The van der Waals surface area contributed by atoms with Crippen molar-refractivity contribution in [2.45, 2.75) is 19.4 Å². The second kappa shape index (κ2) is 14.9. The lowest BCUT2D eigenvalue weighted by Crippen LogP contribution is -2.39. The van der Waals surface area contributed by atoms with E-state index in [0.717, 1.165) is 42.1 Å². The largest absolute Gasteiger partial charge is 0.497 e. The van der Waals surface area contributed by atoms with Crippen molar-refractivity contribution >= 4 is 35.9 Å². The number of nitrogens with zero attached hydrogens (tertiary/aromatic N) is 2. The molecule has 3 aromatic carbocycles. The van der Waals surface area contributed by atoms with Gasteiger partial charge in [-0.15, -0.1) is 0 Å². The monoisotopic (exact) mass is 491 g/mol. The van der Waals surface area contributed by atoms with Crippen molar-refractivity contribution in [2.24, 2.45) is 0 Å². The number of anilines is 2. The summed E-state index contributed by atoms with van der Waals surface area (Å²) in [6.07, 6.45) is 1.55. The van der Waals surface area contributed by atoms with E-state index in [9.17, 15) is 9.59 Å². The van der Waals surface area contributed by atoms with Crippen LogP contribution in [0, 0.1) is 11.3 Å². The number of amides is 3. The molecule has 0 aliphatic rings. The van der Waals surface area contributed by atoms with Crippen LogP contribution in [-0.2, 0) is 11.2 Å². The Kier molecular flexibility index (Phi) is 11.5. The standard InChI is InChI=1S/C17H18N4OS.C9H11NO2/c1-13(11-14-5-3-2-4-6-14)19-17(22)21-23-20-16-9-7-15(12-18)8-10-16;1-10(7-11)8-3-5-9(12-2)6-4-8/h2-10,13,20H,11H2,1H3,(H2,19,21,22);3-7H,1-2H3. The molecule has 0 saturated heterocycles. The molecular weight excluding hydrogens is 462 g/mol. The number of hydrogen-bond donors (Lipinski definition) is 3. The Morgan fingerprint density at radius 1 is 1.09 bits per heavy atom. The second-order valence-electron chi connectivity index (χ2n) is 7.47. The quantitative estimate of drug-likeness (QED) is 0.295. The van der Waals surface area contributed by atoms with Crippen LogP contribution in [-0.4, -0.2) is 32.6 Å². The molecule has 182 valence electrons. The molecule has 1 unspecified atom stereocenters. The Labute approximate surface area is 210 Å². The number of carbonyl (C=O) groups is 2. The first kappa shape index (κ1) is 27.1. The average Bonchev–Trinajstić information content (AvgIpc) is 2.89. The zero-order chi connectivity index (χ0) is 25.5. The highest BCUT2D eigenvalue weighted by molar-refractivity contribution is 7.99. The van der Waals surface area contributed by atoms with Crippen molar-refractivity contribution in [1.29, 1.82) is 5.26 Å². The van der Waals surface area contributed by atoms with Gasteiger partial charge in [-0.1, -0.05) is 30.3 Å². The number of carbonyl (C=O) groups excluding carboxylic acids is 2. The summed E-state index contributed by atoms with van der Waals surface area (Å²) in [5.74, 6) is 0.790. The van der Waals surface area contributed by atoms with Crippen LogP contribution in [0.2, 0.25) is 0 Å². The average molecular weight is 492 g/mol. The van der Waals surface area contributed by atoms with Gasteiger partial charge in [0.05, 0.1) is 30.9 Å². The molecular formula is C26H29N5O3S. The van der Waals surface area contributed by atoms with Gasteiger partial charge in [0.2, 0.25) is 6.41 Å². The smallest absolute Gasteiger partial charge is 0.326 e. The van der Waals surface area contributed by atoms with E-state index < -0.39 is 0 Å². The lowest BCUT2D eigenvalue weighted by Gasteiger charge is -2.14. The number of urea groups is 1. The zero-order valence-corrected chi connectivity index (χ0v) is 20.7. The molecule has 0 radical (unpaired) electrons. The minimum absolute atomic E-state index is 0.0351. The minimum Gasteiger partial charge on any atom is -0.497 e. The van der Waals surface area contributed by atoms with Gasteiger partial charge in [0.1, 0.15) is 5.75 Å². The van der Waals surface area contributed by atoms with E-state index in [0.29, 0.717) is 5.56 Å². The number of hydrogen-bond acceptors (Lipinski definition) is 6. The van der Waals surface area contributed by atoms with E-state index in [1.807, 2.05) is 61.5 Å². The molecule has 0 fully saturated rings. The van der Waals surface area contributed by atoms with Crippen molar-refractivity contribution in [1.82, 2.24) is 10.0 Å². The van der Waals surface area contributed by atoms with Crippen LogP contribution >= 0.6 is 12.1 Å². The molecule has 3 amide bonds. The number of nitrogens with one attached hydrogen (secondary N) is 3. The summed E-state index contributed by atoms with van der Waals surface area (Å²) in [7, 11) is 3.31. The molecule has 3 aromatic rings. The fourth-order valence-corrected chi connectivity index (χ4v) is 3.35. The van der Waals surface area contributed by atoms with E-state index in [2.05, 4.69) is 20.8 Å². The summed E-state index contributed by atoms with van der Waals surface area (Å²) in [5, 5.41) is 11.6. The van der Waals surface area contributed by atoms with E-state index >= 15 is 0 Å². The van der Waals surface area contributed by atoms with Crippen LogP contribution in [0.4, 0.5) is 16.2 Å². The van der Waals surface area contributed by atoms with Gasteiger partial charge in [0.15, 0.2) is 0 Å². The number of ether oxygens (including phenoxy) is 1. The van der Waals surface area contributed by atoms with Gasteiger partial charge < -0.3 is 19.7 Å². The van der Waals surface area contributed by atoms with Crippen LogP contribution in [0.5, 0.6) is 5.75 Å². The maximum absolute atomic E-state index is 11.8. The summed E-state index contributed by atoms with van der Waals surface area (Å²) in [6, 6.07) is 26.1. The SMILES string of the molecule is CC(Cc1ccccc1)NC(=O)NSNc1ccc(C#N)cc1.COc1ccc(N(C)C=O)cc1. The van der Waals surface area contributed by atoms with Gasteiger partial charge in [-0.2, -0.15) is 5.26 Å². The topological polar surface area (TPSA) is 106 Å². The Morgan fingerprint density at radius 3 is 2.31 bits per heavy atom. The van der Waals surface area contributed by atoms with Gasteiger partial charge in [-0.05, 0) is 67.4 Å². The van der Waals surface area contributed by atoms with Crippen molar-refractivity contribution in [3.8, 4) is 11.8 Å². The number of benzene rings is 3. The Bertz CT molecular complexity index is 1090. The summed E-state index contributed by atoms with van der Waals surface area (Å²) in [4.78, 5) is 23.7. The van der Waals surface area contributed by atoms with Crippen LogP contribution in [0.25, 0.3) is 0 Å². The van der Waals surface area contributed by atoms with Crippen LogP contribution < -0.4 is 24.4 Å². The highest BCUT2D eigenvalue weighted by atomic mass is 32.2. The lowest BCUT2D eigenvalue weighted by atomic mass is 10.1. The molecule has 35 heavy (non-hydrogen) atoms. The normalized spacial score (nSPS) is 10.5. The summed E-state index contributed by atoms with van der Waals surface area (Å²) >= 11 is 1.08. The molecule has 1 atom stereocenters. The molecule has 9 heteroatoms. The maximum Gasteiger partial charge on any atom is 0.326 e. The van der Waals surface area contributed by atoms with Crippen LogP contribution in [0.3, 0.4) is 0 Å². The predicted octanol–water partition coefficient (Wildman–Crippen LogP) is 4.75. The number of methoxy groups -OCH3 is 1. The van der Waals surface area contributed by atoms with Gasteiger partial charge in [-0.3, -0.25) is 9.52 Å². The highest BCUT2D eigenvalue weighted by Crippen LogP contribution is 2.16.